The molecule has 1 atom stereocenters. The molecule has 1 fully saturated rings. The Hall–Kier alpha value is -2.90. The van der Waals surface area contributed by atoms with Crippen LogP contribution in [0.1, 0.15) is 49.1 Å². The number of rotatable bonds is 3. The third-order valence-electron chi connectivity index (χ3n) is 4.63. The summed E-state index contributed by atoms with van der Waals surface area (Å²) in [5.74, 6) is 8.98. The maximum absolute atomic E-state index is 11.8. The number of hydrogen-bond acceptors (Lipinski definition) is 5. The molecule has 1 unspecified atom stereocenters. The first-order valence-electron chi connectivity index (χ1n) is 10.7. The van der Waals surface area contributed by atoms with Gasteiger partial charge in [0.1, 0.15) is 13.8 Å². The van der Waals surface area contributed by atoms with E-state index in [9.17, 15) is 4.79 Å². The van der Waals surface area contributed by atoms with E-state index in [1.165, 1.54) is 6.92 Å². The van der Waals surface area contributed by atoms with E-state index in [2.05, 4.69) is 47.9 Å². The monoisotopic (exact) mass is 447 g/mol. The average molecular weight is 448 g/mol. The highest BCUT2D eigenvalue weighted by Crippen LogP contribution is 2.26. The minimum Gasteiger partial charge on any atom is -0.442 e. The Kier molecular flexibility index (Phi) is 7.53. The Morgan fingerprint density at radius 1 is 1.09 bits per heavy atom. The molecule has 6 heteroatoms. The predicted molar refractivity (Wildman–Crippen MR) is 126 cm³/mol. The largest absolute Gasteiger partial charge is 0.442 e. The van der Waals surface area contributed by atoms with Gasteiger partial charge in [0.05, 0.1) is 18.9 Å². The molecule has 0 radical (unpaired) electrons. The fourth-order valence-corrected chi connectivity index (χ4v) is 3.59. The fourth-order valence-electron chi connectivity index (χ4n) is 3.07. The van der Waals surface area contributed by atoms with Gasteiger partial charge in [-0.1, -0.05) is 43.8 Å². The molecule has 0 saturated carbocycles. The smallest absolute Gasteiger partial charge is 0.304 e. The summed E-state index contributed by atoms with van der Waals surface area (Å²) in [5, 5.41) is 0. The number of benzene rings is 1. The van der Waals surface area contributed by atoms with Gasteiger partial charge < -0.3 is 14.2 Å². The van der Waals surface area contributed by atoms with Crippen LogP contribution in [0, 0.1) is 23.3 Å². The molecule has 0 bridgehead atoms. The van der Waals surface area contributed by atoms with Crippen LogP contribution >= 0.6 is 0 Å². The SMILES string of the molecule is CC(=O)OC(C)(C#Cc1cccc(C2OCCCO2)n1)c1ccc(C#C[Si](C)(C)C)cc1. The maximum atomic E-state index is 11.8. The summed E-state index contributed by atoms with van der Waals surface area (Å²) in [4.78, 5) is 16.4. The Balaban J connectivity index is 1.88. The molecule has 0 N–H and O–H groups in total. The zero-order valence-electron chi connectivity index (χ0n) is 19.3. The highest BCUT2D eigenvalue weighted by atomic mass is 28.3. The molecule has 2 heterocycles. The second kappa shape index (κ2) is 10.1. The van der Waals surface area contributed by atoms with Crippen LogP contribution in [0.4, 0.5) is 0 Å². The molecular weight excluding hydrogens is 418 g/mol. The lowest BCUT2D eigenvalue weighted by atomic mass is 9.95. The van der Waals surface area contributed by atoms with Crippen molar-refractivity contribution in [3.63, 3.8) is 0 Å². The van der Waals surface area contributed by atoms with Gasteiger partial charge in [-0.2, -0.15) is 0 Å². The number of ether oxygens (including phenoxy) is 3. The lowest BCUT2D eigenvalue weighted by Crippen LogP contribution is -2.26. The summed E-state index contributed by atoms with van der Waals surface area (Å²) in [6.45, 7) is 11.1. The lowest BCUT2D eigenvalue weighted by molar-refractivity contribution is -0.185. The molecule has 0 amide bonds. The first-order valence-corrected chi connectivity index (χ1v) is 14.2. The van der Waals surface area contributed by atoms with E-state index in [-0.39, 0.29) is 0 Å². The first kappa shape index (κ1) is 23.8. The number of esters is 1. The average Bonchev–Trinajstić information content (AvgIpc) is 2.76. The molecule has 0 spiro atoms. The van der Waals surface area contributed by atoms with Crippen molar-refractivity contribution in [2.75, 3.05) is 13.2 Å². The number of carbonyl (C=O) groups excluding carboxylic acids is 1. The van der Waals surface area contributed by atoms with E-state index in [0.29, 0.717) is 24.6 Å². The molecule has 166 valence electrons. The molecule has 32 heavy (non-hydrogen) atoms. The van der Waals surface area contributed by atoms with E-state index in [1.807, 2.05) is 42.5 Å². The van der Waals surface area contributed by atoms with Crippen molar-refractivity contribution >= 4 is 14.0 Å². The number of carbonyl (C=O) groups is 1. The molecule has 3 rings (SSSR count). The van der Waals surface area contributed by atoms with Crippen LogP contribution in [0.25, 0.3) is 0 Å². The van der Waals surface area contributed by atoms with Crippen LogP contribution in [0.3, 0.4) is 0 Å². The van der Waals surface area contributed by atoms with Crippen molar-refractivity contribution in [3.8, 4) is 23.3 Å². The Bertz CT molecular complexity index is 1080. The summed E-state index contributed by atoms with van der Waals surface area (Å²) in [5.41, 5.74) is 5.16. The van der Waals surface area contributed by atoms with Crippen molar-refractivity contribution in [1.29, 1.82) is 0 Å². The number of pyridine rings is 1. The van der Waals surface area contributed by atoms with Gasteiger partial charge in [0.15, 0.2) is 5.60 Å². The van der Waals surface area contributed by atoms with E-state index in [0.717, 1.165) is 17.5 Å². The van der Waals surface area contributed by atoms with Gasteiger partial charge in [-0.05, 0) is 49.5 Å². The molecule has 1 aromatic carbocycles. The van der Waals surface area contributed by atoms with Crippen LogP contribution in [0.15, 0.2) is 42.5 Å². The Labute approximate surface area is 191 Å². The van der Waals surface area contributed by atoms with Gasteiger partial charge in [-0.15, -0.1) is 5.54 Å². The molecule has 5 nitrogen and oxygen atoms in total. The maximum Gasteiger partial charge on any atom is 0.304 e. The van der Waals surface area contributed by atoms with E-state index >= 15 is 0 Å². The van der Waals surface area contributed by atoms with Crippen LogP contribution < -0.4 is 0 Å². The normalized spacial score (nSPS) is 16.0. The molecule has 1 aromatic heterocycles. The summed E-state index contributed by atoms with van der Waals surface area (Å²) < 4.78 is 16.9. The van der Waals surface area contributed by atoms with Crippen molar-refractivity contribution in [1.82, 2.24) is 4.98 Å². The zero-order chi connectivity index (χ0) is 23.2. The molecule has 0 aliphatic carbocycles. The molecule has 2 aromatic rings. The number of nitrogens with zero attached hydrogens (tertiary/aromatic N) is 1. The fraction of sp³-hybridized carbons (Fsp3) is 0.385. The van der Waals surface area contributed by atoms with Gasteiger partial charge in [-0.25, -0.2) is 4.98 Å². The van der Waals surface area contributed by atoms with Gasteiger partial charge in [0, 0.05) is 18.1 Å². The van der Waals surface area contributed by atoms with Crippen molar-refractivity contribution in [2.45, 2.75) is 51.8 Å². The van der Waals surface area contributed by atoms with Crippen LogP contribution in [0.5, 0.6) is 0 Å². The predicted octanol–water partition coefficient (Wildman–Crippen LogP) is 4.58. The summed E-state index contributed by atoms with van der Waals surface area (Å²) in [6, 6.07) is 13.2. The third kappa shape index (κ3) is 6.80. The standard InChI is InChI=1S/C26H29NO4Si/c1-20(28)31-26(2,22-12-10-21(11-13-22)15-19-32(3,4)5)16-14-23-8-6-9-24(27-23)25-29-17-7-18-30-25/h6,8-13,25H,7,17-18H2,1-5H3. The summed E-state index contributed by atoms with van der Waals surface area (Å²) in [7, 11) is -1.46. The minimum absolute atomic E-state index is 0.407. The summed E-state index contributed by atoms with van der Waals surface area (Å²) >= 11 is 0. The topological polar surface area (TPSA) is 57.7 Å². The quantitative estimate of drug-likeness (QED) is 0.392. The summed E-state index contributed by atoms with van der Waals surface area (Å²) in [6.07, 6.45) is 0.398. The highest BCUT2D eigenvalue weighted by Gasteiger charge is 2.28. The van der Waals surface area contributed by atoms with Crippen molar-refractivity contribution in [2.24, 2.45) is 0 Å². The second-order valence-electron chi connectivity index (χ2n) is 8.83. The Morgan fingerprint density at radius 2 is 1.78 bits per heavy atom. The Morgan fingerprint density at radius 3 is 2.41 bits per heavy atom. The lowest BCUT2D eigenvalue weighted by Gasteiger charge is -2.24. The second-order valence-corrected chi connectivity index (χ2v) is 13.6. The number of hydrogen-bond donors (Lipinski definition) is 0. The van der Waals surface area contributed by atoms with Gasteiger partial charge >= 0.3 is 5.97 Å². The van der Waals surface area contributed by atoms with E-state index in [1.54, 1.807) is 6.92 Å². The van der Waals surface area contributed by atoms with Crippen LogP contribution in [-0.2, 0) is 24.6 Å². The van der Waals surface area contributed by atoms with Crippen LogP contribution in [0.2, 0.25) is 19.6 Å². The van der Waals surface area contributed by atoms with Gasteiger partial charge in [0.25, 0.3) is 0 Å². The van der Waals surface area contributed by atoms with Gasteiger partial charge in [-0.3, -0.25) is 4.79 Å². The molecular formula is C26H29NO4Si. The van der Waals surface area contributed by atoms with Crippen LogP contribution in [-0.4, -0.2) is 32.2 Å². The van der Waals surface area contributed by atoms with Gasteiger partial charge in [0.2, 0.25) is 6.29 Å². The molecule has 1 aliphatic rings. The minimum atomic E-state index is -1.46. The first-order chi connectivity index (χ1) is 15.1. The number of aromatic nitrogens is 1. The van der Waals surface area contributed by atoms with Crippen molar-refractivity contribution in [3.05, 3.63) is 65.0 Å². The molecule has 1 saturated heterocycles. The highest BCUT2D eigenvalue weighted by molar-refractivity contribution is 6.83. The molecule has 1 aliphatic heterocycles. The van der Waals surface area contributed by atoms with E-state index < -0.39 is 25.9 Å². The zero-order valence-corrected chi connectivity index (χ0v) is 20.3. The third-order valence-corrected chi connectivity index (χ3v) is 5.51. The van der Waals surface area contributed by atoms with Crippen molar-refractivity contribution < 1.29 is 19.0 Å². The van der Waals surface area contributed by atoms with E-state index in [4.69, 9.17) is 14.2 Å².